The molecule has 134 valence electrons. The highest BCUT2D eigenvalue weighted by Crippen LogP contribution is 2.20. The van der Waals surface area contributed by atoms with E-state index in [9.17, 15) is 4.79 Å². The van der Waals surface area contributed by atoms with Crippen LogP contribution < -0.4 is 4.74 Å². The Balaban J connectivity index is 1.62. The zero-order valence-corrected chi connectivity index (χ0v) is 15.8. The van der Waals surface area contributed by atoms with Crippen molar-refractivity contribution in [3.8, 4) is 5.75 Å². The van der Waals surface area contributed by atoms with Gasteiger partial charge in [0.15, 0.2) is 16.8 Å². The maximum Gasteiger partial charge on any atom is 0.191 e. The molecule has 7 heteroatoms. The lowest BCUT2D eigenvalue weighted by atomic mass is 10.1. The van der Waals surface area contributed by atoms with Crippen LogP contribution in [0.5, 0.6) is 5.75 Å². The van der Waals surface area contributed by atoms with E-state index in [1.165, 1.54) is 11.8 Å². The largest absolute Gasteiger partial charge is 0.486 e. The molecule has 3 aromatic rings. The minimum atomic E-state index is 0.0272. The summed E-state index contributed by atoms with van der Waals surface area (Å²) in [6, 6.07) is 16.5. The number of Topliss-reactive ketones (excluding diaryl/α,β-unsaturated/α-hetero) is 1. The van der Waals surface area contributed by atoms with E-state index in [1.807, 2.05) is 41.8 Å². The van der Waals surface area contributed by atoms with E-state index in [4.69, 9.17) is 16.3 Å². The van der Waals surface area contributed by atoms with Crippen molar-refractivity contribution in [1.82, 2.24) is 14.8 Å². The molecule has 0 spiro atoms. The predicted octanol–water partition coefficient (Wildman–Crippen LogP) is 4.51. The van der Waals surface area contributed by atoms with E-state index in [0.717, 1.165) is 11.6 Å². The van der Waals surface area contributed by atoms with Gasteiger partial charge >= 0.3 is 0 Å². The molecule has 0 radical (unpaired) electrons. The minimum Gasteiger partial charge on any atom is -0.486 e. The molecule has 0 unspecified atom stereocenters. The molecule has 0 aliphatic carbocycles. The van der Waals surface area contributed by atoms with E-state index in [2.05, 4.69) is 10.2 Å². The third kappa shape index (κ3) is 4.65. The number of benzene rings is 2. The van der Waals surface area contributed by atoms with E-state index in [-0.39, 0.29) is 5.78 Å². The van der Waals surface area contributed by atoms with Gasteiger partial charge in [0.1, 0.15) is 12.4 Å². The third-order valence-electron chi connectivity index (χ3n) is 3.72. The van der Waals surface area contributed by atoms with Gasteiger partial charge in [-0.25, -0.2) is 0 Å². The molecule has 0 atom stereocenters. The molecule has 3 rings (SSSR count). The first-order valence-corrected chi connectivity index (χ1v) is 9.55. The Kier molecular flexibility index (Phi) is 6.30. The maximum atomic E-state index is 12.3. The predicted molar refractivity (Wildman–Crippen MR) is 103 cm³/mol. The van der Waals surface area contributed by atoms with Gasteiger partial charge in [0.2, 0.25) is 0 Å². The molecule has 0 saturated heterocycles. The van der Waals surface area contributed by atoms with E-state index >= 15 is 0 Å². The molecule has 1 aromatic heterocycles. The van der Waals surface area contributed by atoms with Crippen LogP contribution in [0, 0.1) is 0 Å². The zero-order valence-electron chi connectivity index (χ0n) is 14.3. The van der Waals surface area contributed by atoms with Crippen molar-refractivity contribution >= 4 is 29.1 Å². The summed E-state index contributed by atoms with van der Waals surface area (Å²) in [5, 5.41) is 9.73. The van der Waals surface area contributed by atoms with Crippen molar-refractivity contribution in [2.75, 3.05) is 5.75 Å². The number of hydrogen-bond acceptors (Lipinski definition) is 5. The average Bonchev–Trinajstić information content (AvgIpc) is 3.07. The fourth-order valence-corrected chi connectivity index (χ4v) is 3.41. The highest BCUT2D eigenvalue weighted by atomic mass is 35.5. The standard InChI is InChI=1S/C19H18ClN3O2S/c1-2-23-18(12-25-16-6-4-3-5-7-16)21-22-19(23)26-13-17(24)14-8-10-15(20)11-9-14/h3-11H,2,12-13H2,1H3. The Morgan fingerprint density at radius 3 is 2.54 bits per heavy atom. The van der Waals surface area contributed by atoms with Gasteiger partial charge in [-0.05, 0) is 43.3 Å². The first-order valence-electron chi connectivity index (χ1n) is 8.19. The molecule has 0 N–H and O–H groups in total. The summed E-state index contributed by atoms with van der Waals surface area (Å²) < 4.78 is 7.70. The van der Waals surface area contributed by atoms with Crippen molar-refractivity contribution in [2.45, 2.75) is 25.2 Å². The molecule has 2 aromatic carbocycles. The molecule has 0 aliphatic heterocycles. The van der Waals surface area contributed by atoms with Gasteiger partial charge in [-0.1, -0.05) is 41.6 Å². The first-order chi connectivity index (χ1) is 12.7. The van der Waals surface area contributed by atoms with Crippen LogP contribution in [0.4, 0.5) is 0 Å². The Bertz CT molecular complexity index is 866. The number of ether oxygens (including phenoxy) is 1. The molecule has 0 saturated carbocycles. The van der Waals surface area contributed by atoms with Crippen LogP contribution in [0.3, 0.4) is 0 Å². The van der Waals surface area contributed by atoms with Gasteiger partial charge in [0.05, 0.1) is 5.75 Å². The Labute approximate surface area is 161 Å². The summed E-state index contributed by atoms with van der Waals surface area (Å²) in [6.07, 6.45) is 0. The highest BCUT2D eigenvalue weighted by Gasteiger charge is 2.14. The van der Waals surface area contributed by atoms with Crippen LogP contribution in [0.1, 0.15) is 23.1 Å². The summed E-state index contributed by atoms with van der Waals surface area (Å²) in [6.45, 7) is 3.05. The number of carbonyl (C=O) groups is 1. The smallest absolute Gasteiger partial charge is 0.191 e. The number of thioether (sulfide) groups is 1. The fourth-order valence-electron chi connectivity index (χ4n) is 2.36. The SMILES string of the molecule is CCn1c(COc2ccccc2)nnc1SCC(=O)c1ccc(Cl)cc1. The van der Waals surface area contributed by atoms with Crippen molar-refractivity contribution in [3.63, 3.8) is 0 Å². The van der Waals surface area contributed by atoms with Gasteiger partial charge in [0, 0.05) is 17.1 Å². The van der Waals surface area contributed by atoms with Gasteiger partial charge in [0.25, 0.3) is 0 Å². The summed E-state index contributed by atoms with van der Waals surface area (Å²) in [5.41, 5.74) is 0.636. The first kappa shape index (κ1) is 18.5. The number of halogens is 1. The number of rotatable bonds is 8. The number of aromatic nitrogens is 3. The van der Waals surface area contributed by atoms with Gasteiger partial charge in [-0.2, -0.15) is 0 Å². The Hall–Kier alpha value is -2.31. The molecule has 0 fully saturated rings. The monoisotopic (exact) mass is 387 g/mol. The lowest BCUT2D eigenvalue weighted by Crippen LogP contribution is -2.08. The second kappa shape index (κ2) is 8.87. The molecular weight excluding hydrogens is 370 g/mol. The number of carbonyl (C=O) groups excluding carboxylic acids is 1. The van der Waals surface area contributed by atoms with Crippen molar-refractivity contribution < 1.29 is 9.53 Å². The molecule has 1 heterocycles. The normalized spacial score (nSPS) is 10.7. The van der Waals surface area contributed by atoms with Gasteiger partial charge in [-0.15, -0.1) is 10.2 Å². The van der Waals surface area contributed by atoms with Crippen LogP contribution in [0.15, 0.2) is 59.8 Å². The molecule has 26 heavy (non-hydrogen) atoms. The summed E-state index contributed by atoms with van der Waals surface area (Å²) in [7, 11) is 0. The van der Waals surface area contributed by atoms with Crippen LogP contribution in [0.25, 0.3) is 0 Å². The lowest BCUT2D eigenvalue weighted by Gasteiger charge is -2.08. The quantitative estimate of drug-likeness (QED) is 0.420. The summed E-state index contributed by atoms with van der Waals surface area (Å²) >= 11 is 7.23. The summed E-state index contributed by atoms with van der Waals surface area (Å²) in [5.74, 6) is 1.83. The van der Waals surface area contributed by atoms with E-state index in [1.54, 1.807) is 24.3 Å². The molecule has 5 nitrogen and oxygen atoms in total. The average molecular weight is 388 g/mol. The molecular formula is C19H18ClN3O2S. The van der Waals surface area contributed by atoms with Gasteiger partial charge < -0.3 is 9.30 Å². The molecule has 0 bridgehead atoms. The van der Waals surface area contributed by atoms with E-state index in [0.29, 0.717) is 34.6 Å². The van der Waals surface area contributed by atoms with Crippen molar-refractivity contribution in [2.24, 2.45) is 0 Å². The Morgan fingerprint density at radius 2 is 1.85 bits per heavy atom. The maximum absolute atomic E-state index is 12.3. The second-order valence-electron chi connectivity index (χ2n) is 5.46. The fraction of sp³-hybridized carbons (Fsp3) is 0.211. The molecule has 0 amide bonds. The van der Waals surface area contributed by atoms with E-state index < -0.39 is 0 Å². The molecule has 0 aliphatic rings. The highest BCUT2D eigenvalue weighted by molar-refractivity contribution is 7.99. The summed E-state index contributed by atoms with van der Waals surface area (Å²) in [4.78, 5) is 12.3. The van der Waals surface area contributed by atoms with Crippen LogP contribution in [0.2, 0.25) is 5.02 Å². The number of hydrogen-bond donors (Lipinski definition) is 0. The zero-order chi connectivity index (χ0) is 18.4. The lowest BCUT2D eigenvalue weighted by molar-refractivity contribution is 0.102. The topological polar surface area (TPSA) is 57.0 Å². The third-order valence-corrected chi connectivity index (χ3v) is 4.94. The van der Waals surface area contributed by atoms with Crippen molar-refractivity contribution in [1.29, 1.82) is 0 Å². The second-order valence-corrected chi connectivity index (χ2v) is 6.84. The van der Waals surface area contributed by atoms with Crippen molar-refractivity contribution in [3.05, 3.63) is 71.0 Å². The van der Waals surface area contributed by atoms with Crippen LogP contribution >= 0.6 is 23.4 Å². The number of para-hydroxylation sites is 1. The van der Waals surface area contributed by atoms with Crippen LogP contribution in [-0.4, -0.2) is 26.3 Å². The Morgan fingerprint density at radius 1 is 1.12 bits per heavy atom. The van der Waals surface area contributed by atoms with Gasteiger partial charge in [-0.3, -0.25) is 4.79 Å². The number of nitrogens with zero attached hydrogens (tertiary/aromatic N) is 3. The van der Waals surface area contributed by atoms with Crippen LogP contribution in [-0.2, 0) is 13.2 Å². The number of ketones is 1. The minimum absolute atomic E-state index is 0.0272.